The maximum Gasteiger partial charge on any atom is 0.326 e. The number of urea groups is 1. The zero-order valence-corrected chi connectivity index (χ0v) is 16.7. The van der Waals surface area contributed by atoms with Gasteiger partial charge in [-0.3, -0.25) is 14.6 Å². The van der Waals surface area contributed by atoms with Crippen LogP contribution < -0.4 is 5.32 Å². The van der Waals surface area contributed by atoms with Crippen molar-refractivity contribution in [3.05, 3.63) is 0 Å². The first-order chi connectivity index (χ1) is 12.9. The van der Waals surface area contributed by atoms with E-state index in [1.165, 1.54) is 4.90 Å². The second-order valence-electron chi connectivity index (χ2n) is 8.51. The Kier molecular flexibility index (Phi) is 5.20. The Morgan fingerprint density at radius 1 is 1.00 bits per heavy atom. The third-order valence-corrected chi connectivity index (χ3v) is 8.43. The standard InChI is InChI=1S/C18H30N4O4S/c23-16-18(6-3-1-2-4-7-18)19-17(24)22(16)14-20-8-10-21(11-9-20)15-5-12-27(25,26)13-15/h15H,1-14H2,(H,19,24)/t15-/m0/s1. The van der Waals surface area contributed by atoms with Crippen molar-refractivity contribution in [3.63, 3.8) is 0 Å². The number of nitrogens with one attached hydrogen (secondary N) is 1. The highest BCUT2D eigenvalue weighted by atomic mass is 32.2. The maximum atomic E-state index is 13.0. The van der Waals surface area contributed by atoms with E-state index in [1.54, 1.807) is 0 Å². The van der Waals surface area contributed by atoms with E-state index < -0.39 is 15.4 Å². The van der Waals surface area contributed by atoms with Gasteiger partial charge in [-0.25, -0.2) is 18.1 Å². The molecule has 9 heteroatoms. The van der Waals surface area contributed by atoms with E-state index in [0.29, 0.717) is 12.4 Å². The fraction of sp³-hybridized carbons (Fsp3) is 0.889. The van der Waals surface area contributed by atoms with E-state index >= 15 is 0 Å². The third kappa shape index (κ3) is 3.86. The highest BCUT2D eigenvalue weighted by Gasteiger charge is 2.51. The van der Waals surface area contributed by atoms with Crippen LogP contribution in [0.4, 0.5) is 4.79 Å². The molecular formula is C18H30N4O4S. The zero-order valence-electron chi connectivity index (χ0n) is 15.9. The van der Waals surface area contributed by atoms with Gasteiger partial charge in [-0.2, -0.15) is 0 Å². The summed E-state index contributed by atoms with van der Waals surface area (Å²) in [5, 5.41) is 2.99. The van der Waals surface area contributed by atoms with Crippen LogP contribution in [0.3, 0.4) is 0 Å². The van der Waals surface area contributed by atoms with Crippen LogP contribution in [-0.4, -0.2) is 91.0 Å². The largest absolute Gasteiger partial charge is 0.326 e. The van der Waals surface area contributed by atoms with Crippen LogP contribution in [0.2, 0.25) is 0 Å². The number of rotatable bonds is 3. The first-order valence-corrected chi connectivity index (χ1v) is 12.0. The van der Waals surface area contributed by atoms with E-state index in [9.17, 15) is 18.0 Å². The Labute approximate surface area is 161 Å². The van der Waals surface area contributed by atoms with Gasteiger partial charge in [0.1, 0.15) is 5.54 Å². The molecule has 3 saturated heterocycles. The van der Waals surface area contributed by atoms with Gasteiger partial charge in [0, 0.05) is 32.2 Å². The molecule has 4 fully saturated rings. The monoisotopic (exact) mass is 398 g/mol. The van der Waals surface area contributed by atoms with Crippen molar-refractivity contribution in [2.24, 2.45) is 0 Å². The maximum absolute atomic E-state index is 13.0. The quantitative estimate of drug-likeness (QED) is 0.692. The molecule has 0 bridgehead atoms. The average molecular weight is 399 g/mol. The van der Waals surface area contributed by atoms with Gasteiger partial charge in [-0.05, 0) is 19.3 Å². The number of hydrogen-bond donors (Lipinski definition) is 1. The predicted octanol–water partition coefficient (Wildman–Crippen LogP) is 0.393. The summed E-state index contributed by atoms with van der Waals surface area (Å²) in [5.41, 5.74) is -0.673. The van der Waals surface area contributed by atoms with Crippen molar-refractivity contribution in [2.75, 3.05) is 44.4 Å². The van der Waals surface area contributed by atoms with Gasteiger partial charge in [0.25, 0.3) is 5.91 Å². The first kappa shape index (κ1) is 19.1. The Bertz CT molecular complexity index is 694. The second kappa shape index (κ2) is 7.33. The molecule has 1 N–H and O–H groups in total. The lowest BCUT2D eigenvalue weighted by Crippen LogP contribution is -2.54. The Morgan fingerprint density at radius 3 is 2.26 bits per heavy atom. The minimum absolute atomic E-state index is 0.0567. The van der Waals surface area contributed by atoms with Crippen molar-refractivity contribution in [2.45, 2.75) is 56.5 Å². The van der Waals surface area contributed by atoms with Gasteiger partial charge >= 0.3 is 6.03 Å². The van der Waals surface area contributed by atoms with Gasteiger partial charge in [0.05, 0.1) is 18.2 Å². The van der Waals surface area contributed by atoms with Crippen molar-refractivity contribution in [3.8, 4) is 0 Å². The number of piperazine rings is 1. The number of carbonyl (C=O) groups is 2. The predicted molar refractivity (Wildman–Crippen MR) is 101 cm³/mol. The van der Waals surface area contributed by atoms with Crippen LogP contribution in [0.25, 0.3) is 0 Å². The summed E-state index contributed by atoms with van der Waals surface area (Å²) in [6, 6.07) is -0.130. The lowest BCUT2D eigenvalue weighted by molar-refractivity contribution is -0.133. The average Bonchev–Trinajstić information content (AvgIpc) is 2.98. The molecule has 3 heterocycles. The number of nitrogens with zero attached hydrogens (tertiary/aromatic N) is 3. The van der Waals surface area contributed by atoms with Gasteiger partial charge in [-0.1, -0.05) is 25.7 Å². The molecule has 3 amide bonds. The summed E-state index contributed by atoms with van der Waals surface area (Å²) in [4.78, 5) is 31.3. The lowest BCUT2D eigenvalue weighted by atomic mass is 9.90. The molecule has 0 radical (unpaired) electrons. The molecule has 0 aromatic rings. The molecule has 0 aromatic heterocycles. The highest BCUT2D eigenvalue weighted by Crippen LogP contribution is 2.33. The molecule has 27 heavy (non-hydrogen) atoms. The molecule has 1 atom stereocenters. The SMILES string of the molecule is O=C1NC2(CCCCCC2)C(=O)N1CN1CCN([C@H]2CCS(=O)(=O)C2)CC1. The number of carbonyl (C=O) groups excluding carboxylic acids is 2. The van der Waals surface area contributed by atoms with E-state index in [-0.39, 0.29) is 23.7 Å². The summed E-state index contributed by atoms with van der Waals surface area (Å²) >= 11 is 0. The Balaban J connectivity index is 1.32. The molecular weight excluding hydrogens is 368 g/mol. The summed E-state index contributed by atoms with van der Waals surface area (Å²) in [7, 11) is -2.87. The summed E-state index contributed by atoms with van der Waals surface area (Å²) in [6.45, 7) is 3.41. The van der Waals surface area contributed by atoms with Crippen LogP contribution in [0.15, 0.2) is 0 Å². The molecule has 0 unspecified atom stereocenters. The number of hydrogen-bond acceptors (Lipinski definition) is 6. The number of sulfone groups is 1. The molecule has 4 rings (SSSR count). The fourth-order valence-electron chi connectivity index (χ4n) is 5.01. The van der Waals surface area contributed by atoms with Gasteiger partial charge < -0.3 is 5.32 Å². The smallest absolute Gasteiger partial charge is 0.323 e. The molecule has 1 spiro atoms. The second-order valence-corrected chi connectivity index (χ2v) is 10.7. The van der Waals surface area contributed by atoms with E-state index in [2.05, 4.69) is 15.1 Å². The van der Waals surface area contributed by atoms with Crippen molar-refractivity contribution < 1.29 is 18.0 Å². The van der Waals surface area contributed by atoms with Crippen molar-refractivity contribution >= 4 is 21.8 Å². The highest BCUT2D eigenvalue weighted by molar-refractivity contribution is 7.91. The van der Waals surface area contributed by atoms with Crippen molar-refractivity contribution in [1.29, 1.82) is 0 Å². The molecule has 0 aromatic carbocycles. The summed E-state index contributed by atoms with van der Waals surface area (Å²) in [5.74, 6) is 0.504. The Hall–Kier alpha value is -1.19. The topological polar surface area (TPSA) is 90.0 Å². The van der Waals surface area contributed by atoms with Gasteiger partial charge in [0.15, 0.2) is 9.84 Å². The summed E-state index contributed by atoms with van der Waals surface area (Å²) < 4.78 is 23.4. The van der Waals surface area contributed by atoms with Crippen LogP contribution in [0, 0.1) is 0 Å². The molecule has 3 aliphatic heterocycles. The minimum Gasteiger partial charge on any atom is -0.323 e. The molecule has 152 valence electrons. The van der Waals surface area contributed by atoms with E-state index in [1.807, 2.05) is 0 Å². The lowest BCUT2D eigenvalue weighted by Gasteiger charge is -2.38. The zero-order chi connectivity index (χ0) is 19.1. The number of imide groups is 1. The van der Waals surface area contributed by atoms with E-state index in [4.69, 9.17) is 0 Å². The van der Waals surface area contributed by atoms with Crippen LogP contribution in [0.5, 0.6) is 0 Å². The molecule has 8 nitrogen and oxygen atoms in total. The first-order valence-electron chi connectivity index (χ1n) is 10.2. The normalized spacial score (nSPS) is 32.0. The van der Waals surface area contributed by atoms with Crippen molar-refractivity contribution in [1.82, 2.24) is 20.0 Å². The minimum atomic E-state index is -2.87. The van der Waals surface area contributed by atoms with Crippen LogP contribution in [-0.2, 0) is 14.6 Å². The number of amides is 3. The van der Waals surface area contributed by atoms with Gasteiger partial charge in [0.2, 0.25) is 0 Å². The van der Waals surface area contributed by atoms with Gasteiger partial charge in [-0.15, -0.1) is 0 Å². The molecule has 1 aliphatic carbocycles. The third-order valence-electron chi connectivity index (χ3n) is 6.68. The van der Waals surface area contributed by atoms with E-state index in [0.717, 1.165) is 71.1 Å². The Morgan fingerprint density at radius 2 is 1.67 bits per heavy atom. The van der Waals surface area contributed by atoms with Crippen LogP contribution >= 0.6 is 0 Å². The summed E-state index contributed by atoms with van der Waals surface area (Å²) in [6.07, 6.45) is 6.45. The fourth-order valence-corrected chi connectivity index (χ4v) is 6.77. The molecule has 4 aliphatic rings. The molecule has 1 saturated carbocycles. The van der Waals surface area contributed by atoms with Crippen LogP contribution in [0.1, 0.15) is 44.9 Å².